The normalized spacial score (nSPS) is 14.9. The lowest BCUT2D eigenvalue weighted by molar-refractivity contribution is -0.136. The van der Waals surface area contributed by atoms with Crippen LogP contribution in [0.4, 0.5) is 5.69 Å². The van der Waals surface area contributed by atoms with Crippen molar-refractivity contribution in [2.75, 3.05) is 17.8 Å². The van der Waals surface area contributed by atoms with Crippen molar-refractivity contribution in [1.29, 1.82) is 0 Å². The van der Waals surface area contributed by atoms with Crippen LogP contribution in [0.2, 0.25) is 0 Å². The highest BCUT2D eigenvalue weighted by atomic mass is 32.2. The van der Waals surface area contributed by atoms with Crippen molar-refractivity contribution in [2.24, 2.45) is 5.92 Å². The number of carbonyl (C=O) groups excluding carboxylic acids is 2. The van der Waals surface area contributed by atoms with Crippen molar-refractivity contribution in [3.63, 3.8) is 0 Å². The first kappa shape index (κ1) is 23.8. The number of hydrogen-bond acceptors (Lipinski definition) is 4. The number of benzene rings is 2. The van der Waals surface area contributed by atoms with Gasteiger partial charge in [0, 0.05) is 36.3 Å². The van der Waals surface area contributed by atoms with E-state index in [1.54, 1.807) is 42.5 Å². The molecule has 0 spiro atoms. The van der Waals surface area contributed by atoms with Crippen molar-refractivity contribution in [3.05, 3.63) is 60.2 Å². The van der Waals surface area contributed by atoms with Crippen molar-refractivity contribution in [3.8, 4) is 0 Å². The van der Waals surface area contributed by atoms with Crippen LogP contribution in [0.25, 0.3) is 0 Å². The van der Waals surface area contributed by atoms with Crippen LogP contribution in [-0.2, 0) is 14.8 Å². The molecule has 0 aromatic heterocycles. The Labute approximate surface area is 190 Å². The van der Waals surface area contributed by atoms with Crippen LogP contribution in [0.3, 0.4) is 0 Å². The molecule has 0 bridgehead atoms. The van der Waals surface area contributed by atoms with Gasteiger partial charge < -0.3 is 10.2 Å². The Bertz CT molecular complexity index is 1010. The Kier molecular flexibility index (Phi) is 7.90. The van der Waals surface area contributed by atoms with Gasteiger partial charge in [0.05, 0.1) is 4.90 Å². The van der Waals surface area contributed by atoms with E-state index in [0.717, 1.165) is 25.7 Å². The summed E-state index contributed by atoms with van der Waals surface area (Å²) >= 11 is 0. The second-order valence-corrected chi connectivity index (χ2v) is 9.76. The van der Waals surface area contributed by atoms with E-state index in [0.29, 0.717) is 24.3 Å². The average molecular weight is 458 g/mol. The van der Waals surface area contributed by atoms with Gasteiger partial charge in [-0.05, 0) is 62.1 Å². The molecule has 1 heterocycles. The number of sulfonamides is 1. The van der Waals surface area contributed by atoms with E-state index in [9.17, 15) is 18.0 Å². The molecule has 1 fully saturated rings. The number of carbonyl (C=O) groups is 2. The Morgan fingerprint density at radius 2 is 1.56 bits per heavy atom. The Hall–Kier alpha value is -2.87. The molecular weight excluding hydrogens is 426 g/mol. The molecular formula is C24H31N3O4S. The molecule has 1 saturated heterocycles. The van der Waals surface area contributed by atoms with Crippen molar-refractivity contribution >= 4 is 27.5 Å². The third-order valence-corrected chi connectivity index (χ3v) is 7.33. The number of likely N-dealkylation sites (tertiary alicyclic amines) is 1. The Morgan fingerprint density at radius 1 is 0.969 bits per heavy atom. The molecule has 0 aliphatic carbocycles. The predicted octanol–water partition coefficient (Wildman–Crippen LogP) is 3.64. The number of nitrogens with one attached hydrogen (secondary N) is 2. The summed E-state index contributed by atoms with van der Waals surface area (Å²) in [5.74, 6) is 0.0968. The van der Waals surface area contributed by atoms with Gasteiger partial charge in [-0.25, -0.2) is 8.42 Å². The number of piperidine rings is 1. The fourth-order valence-corrected chi connectivity index (χ4v) is 4.99. The number of hydrogen-bond donors (Lipinski definition) is 2. The molecule has 8 heteroatoms. The average Bonchev–Trinajstić information content (AvgIpc) is 2.81. The molecule has 0 radical (unpaired) electrons. The maximum atomic E-state index is 12.6. The van der Waals surface area contributed by atoms with Crippen LogP contribution >= 0.6 is 0 Å². The first-order chi connectivity index (χ1) is 15.3. The zero-order valence-electron chi connectivity index (χ0n) is 18.6. The summed E-state index contributed by atoms with van der Waals surface area (Å²) in [5, 5.41) is 3.03. The highest BCUT2D eigenvalue weighted by molar-refractivity contribution is 7.92. The fourth-order valence-electron chi connectivity index (χ4n) is 3.91. The van der Waals surface area contributed by atoms with Crippen molar-refractivity contribution < 1.29 is 18.0 Å². The summed E-state index contributed by atoms with van der Waals surface area (Å²) in [6.07, 6.45) is 3.16. The van der Waals surface area contributed by atoms with E-state index >= 15 is 0 Å². The maximum absolute atomic E-state index is 12.6. The molecule has 1 aliphatic rings. The molecule has 1 aliphatic heterocycles. The van der Waals surface area contributed by atoms with E-state index in [2.05, 4.69) is 10.0 Å². The van der Waals surface area contributed by atoms with Crippen LogP contribution in [0.15, 0.2) is 59.5 Å². The minimum Gasteiger partial charge on any atom is -0.349 e. The predicted molar refractivity (Wildman–Crippen MR) is 125 cm³/mol. The van der Waals surface area contributed by atoms with E-state index in [1.807, 2.05) is 18.7 Å². The lowest BCUT2D eigenvalue weighted by Gasteiger charge is -2.34. The zero-order chi connectivity index (χ0) is 23.1. The van der Waals surface area contributed by atoms with Crippen LogP contribution in [0, 0.1) is 5.92 Å². The number of rotatable bonds is 8. The zero-order valence-corrected chi connectivity index (χ0v) is 19.4. The summed E-state index contributed by atoms with van der Waals surface area (Å²) in [6, 6.07) is 14.5. The monoisotopic (exact) mass is 457 g/mol. The van der Waals surface area contributed by atoms with Gasteiger partial charge in [0.2, 0.25) is 5.91 Å². The molecule has 172 valence electrons. The molecule has 2 aromatic rings. The van der Waals surface area contributed by atoms with Crippen LogP contribution in [-0.4, -0.2) is 44.3 Å². The van der Waals surface area contributed by atoms with Gasteiger partial charge in [0.15, 0.2) is 0 Å². The third kappa shape index (κ3) is 5.88. The Balaban J connectivity index is 1.53. The lowest BCUT2D eigenvalue weighted by atomic mass is 9.98. The minimum atomic E-state index is -3.67. The molecule has 32 heavy (non-hydrogen) atoms. The fraction of sp³-hybridized carbons (Fsp3) is 0.417. The topological polar surface area (TPSA) is 95.6 Å². The van der Waals surface area contributed by atoms with Gasteiger partial charge in [0.1, 0.15) is 0 Å². The second kappa shape index (κ2) is 10.6. The first-order valence-corrected chi connectivity index (χ1v) is 12.6. The van der Waals surface area contributed by atoms with E-state index in [1.165, 1.54) is 12.1 Å². The van der Waals surface area contributed by atoms with Crippen molar-refractivity contribution in [2.45, 2.75) is 50.5 Å². The van der Waals surface area contributed by atoms with Crippen LogP contribution in [0.5, 0.6) is 0 Å². The Morgan fingerprint density at radius 3 is 2.12 bits per heavy atom. The summed E-state index contributed by atoms with van der Waals surface area (Å²) < 4.78 is 27.4. The van der Waals surface area contributed by atoms with Gasteiger partial charge in [-0.3, -0.25) is 14.3 Å². The summed E-state index contributed by atoms with van der Waals surface area (Å²) in [5.41, 5.74) is 0.849. The van der Waals surface area contributed by atoms with E-state index < -0.39 is 10.0 Å². The highest BCUT2D eigenvalue weighted by Crippen LogP contribution is 2.19. The molecule has 7 nitrogen and oxygen atoms in total. The van der Waals surface area contributed by atoms with E-state index in [-0.39, 0.29) is 28.7 Å². The van der Waals surface area contributed by atoms with Crippen LogP contribution in [0.1, 0.15) is 49.9 Å². The highest BCUT2D eigenvalue weighted by Gasteiger charge is 2.27. The molecule has 0 unspecified atom stereocenters. The summed E-state index contributed by atoms with van der Waals surface area (Å²) in [4.78, 5) is 27.2. The SMILES string of the molecule is CCC(CC)C(=O)N1CCC(NC(=O)c2ccc(NS(=O)(=O)c3ccccc3)cc2)CC1. The first-order valence-electron chi connectivity index (χ1n) is 11.1. The van der Waals surface area contributed by atoms with Gasteiger partial charge >= 0.3 is 0 Å². The summed E-state index contributed by atoms with van der Waals surface area (Å²) in [6.45, 7) is 5.38. The molecule has 0 saturated carbocycles. The number of anilines is 1. The maximum Gasteiger partial charge on any atom is 0.261 e. The van der Waals surface area contributed by atoms with Crippen LogP contribution < -0.4 is 10.0 Å². The molecule has 3 rings (SSSR count). The minimum absolute atomic E-state index is 0.0181. The lowest BCUT2D eigenvalue weighted by Crippen LogP contribution is -2.48. The van der Waals surface area contributed by atoms with E-state index in [4.69, 9.17) is 0 Å². The molecule has 2 amide bonds. The molecule has 0 atom stereocenters. The number of amides is 2. The molecule has 2 N–H and O–H groups in total. The van der Waals surface area contributed by atoms with Gasteiger partial charge in [-0.15, -0.1) is 0 Å². The standard InChI is InChI=1S/C24H31N3O4S/c1-3-18(4-2)24(29)27-16-14-20(15-17-27)25-23(28)19-10-12-21(13-11-19)26-32(30,31)22-8-6-5-7-9-22/h5-13,18,20,26H,3-4,14-17H2,1-2H3,(H,25,28). The van der Waals surface area contributed by atoms with Crippen molar-refractivity contribution in [1.82, 2.24) is 10.2 Å². The van der Waals surface area contributed by atoms with Gasteiger partial charge in [0.25, 0.3) is 15.9 Å². The number of nitrogens with zero attached hydrogens (tertiary/aromatic N) is 1. The van der Waals surface area contributed by atoms with Gasteiger partial charge in [-0.2, -0.15) is 0 Å². The second-order valence-electron chi connectivity index (χ2n) is 8.08. The third-order valence-electron chi connectivity index (χ3n) is 5.93. The summed E-state index contributed by atoms with van der Waals surface area (Å²) in [7, 11) is -3.67. The largest absolute Gasteiger partial charge is 0.349 e. The van der Waals surface area contributed by atoms with Gasteiger partial charge in [-0.1, -0.05) is 32.0 Å². The molecule has 2 aromatic carbocycles. The quantitative estimate of drug-likeness (QED) is 0.633. The smallest absolute Gasteiger partial charge is 0.261 e.